The number of rotatable bonds is 5. The molecule has 2 aliphatic rings. The Morgan fingerprint density at radius 3 is 2.64 bits per heavy atom. The minimum atomic E-state index is -0.164. The van der Waals surface area contributed by atoms with Gasteiger partial charge in [0.1, 0.15) is 0 Å². The van der Waals surface area contributed by atoms with Crippen LogP contribution in [0.1, 0.15) is 82.2 Å². The van der Waals surface area contributed by atoms with Crippen molar-refractivity contribution in [3.8, 4) is 0 Å². The third kappa shape index (κ3) is 4.14. The molecule has 6 nitrogen and oxygen atoms in total. The van der Waals surface area contributed by atoms with Crippen LogP contribution in [-0.2, 0) is 6.42 Å². The number of nitrogens with zero attached hydrogens (tertiary/aromatic N) is 2. The number of amides is 2. The highest BCUT2D eigenvalue weighted by molar-refractivity contribution is 7.14. The van der Waals surface area contributed by atoms with Crippen LogP contribution < -0.4 is 5.32 Å². The van der Waals surface area contributed by atoms with Gasteiger partial charge in [0.25, 0.3) is 11.8 Å². The van der Waals surface area contributed by atoms with Crippen LogP contribution in [0.15, 0.2) is 22.7 Å². The smallest absolute Gasteiger partial charge is 0.290 e. The lowest BCUT2D eigenvalue weighted by Crippen LogP contribution is -2.37. The average molecular weight is 402 g/mol. The summed E-state index contributed by atoms with van der Waals surface area (Å²) in [5.41, 5.74) is 0.827. The predicted octanol–water partition coefficient (Wildman–Crippen LogP) is 3.99. The fraction of sp³-hybridized carbons (Fsp3) is 0.571. The molecule has 0 spiro atoms. The van der Waals surface area contributed by atoms with Gasteiger partial charge in [0, 0.05) is 36.0 Å². The van der Waals surface area contributed by atoms with Gasteiger partial charge in [0.05, 0.1) is 10.6 Å². The van der Waals surface area contributed by atoms with Gasteiger partial charge < -0.3 is 14.7 Å². The van der Waals surface area contributed by atoms with E-state index in [4.69, 9.17) is 4.52 Å². The standard InChI is InChI=1S/C21H27N3O3S/c1-2-16-7-8-19(28-16)21(26)24-11-9-14(10-12-24)17-13-18(27-23-17)20(25)22-15-5-3-4-6-15/h7-8,13-15H,2-6,9-12H2,1H3,(H,22,25). The van der Waals surface area contributed by atoms with E-state index < -0.39 is 0 Å². The molecule has 0 bridgehead atoms. The van der Waals surface area contributed by atoms with Crippen LogP contribution in [0.4, 0.5) is 0 Å². The number of aryl methyl sites for hydroxylation is 1. The monoisotopic (exact) mass is 401 g/mol. The largest absolute Gasteiger partial charge is 0.351 e. The molecule has 2 aromatic heterocycles. The van der Waals surface area contributed by atoms with Gasteiger partial charge in [-0.25, -0.2) is 0 Å². The van der Waals surface area contributed by atoms with E-state index in [-0.39, 0.29) is 23.8 Å². The van der Waals surface area contributed by atoms with Crippen LogP contribution in [0.5, 0.6) is 0 Å². The second kappa shape index (κ2) is 8.47. The van der Waals surface area contributed by atoms with Gasteiger partial charge in [-0.2, -0.15) is 0 Å². The number of aromatic nitrogens is 1. The molecule has 0 aromatic carbocycles. The first kappa shape index (κ1) is 19.2. The number of thiophene rings is 1. The molecular weight excluding hydrogens is 374 g/mol. The van der Waals surface area contributed by atoms with E-state index in [1.165, 1.54) is 17.7 Å². The highest BCUT2D eigenvalue weighted by atomic mass is 32.1. The number of likely N-dealkylation sites (tertiary alicyclic amines) is 1. The SMILES string of the molecule is CCc1ccc(C(=O)N2CCC(c3cc(C(=O)NC4CCCC4)on3)CC2)s1. The molecule has 0 atom stereocenters. The number of piperidine rings is 1. The van der Waals surface area contributed by atoms with Gasteiger partial charge in [0.15, 0.2) is 0 Å². The van der Waals surface area contributed by atoms with E-state index in [2.05, 4.69) is 17.4 Å². The van der Waals surface area contributed by atoms with Crippen LogP contribution >= 0.6 is 11.3 Å². The van der Waals surface area contributed by atoms with Crippen molar-refractivity contribution in [3.05, 3.63) is 39.4 Å². The highest BCUT2D eigenvalue weighted by Crippen LogP contribution is 2.29. The molecule has 4 rings (SSSR count). The zero-order valence-corrected chi connectivity index (χ0v) is 17.1. The molecule has 1 aliphatic heterocycles. The van der Waals surface area contributed by atoms with Crippen molar-refractivity contribution in [2.45, 2.75) is 63.8 Å². The molecular formula is C21H27N3O3S. The maximum absolute atomic E-state index is 12.7. The predicted molar refractivity (Wildman–Crippen MR) is 108 cm³/mol. The van der Waals surface area contributed by atoms with Crippen molar-refractivity contribution >= 4 is 23.2 Å². The Kier molecular flexibility index (Phi) is 5.80. The Bertz CT molecular complexity index is 830. The molecule has 0 unspecified atom stereocenters. The normalized spacial score (nSPS) is 18.5. The van der Waals surface area contributed by atoms with Gasteiger partial charge in [0.2, 0.25) is 5.76 Å². The lowest BCUT2D eigenvalue weighted by molar-refractivity contribution is 0.0715. The Hall–Kier alpha value is -2.15. The number of nitrogens with one attached hydrogen (secondary N) is 1. The minimum Gasteiger partial charge on any atom is -0.351 e. The molecule has 28 heavy (non-hydrogen) atoms. The molecule has 2 aromatic rings. The number of hydrogen-bond donors (Lipinski definition) is 1. The van der Waals surface area contributed by atoms with Gasteiger partial charge >= 0.3 is 0 Å². The Labute approximate surface area is 169 Å². The second-order valence-corrected chi connectivity index (χ2v) is 8.93. The molecule has 3 heterocycles. The van der Waals surface area contributed by atoms with Crippen LogP contribution in [0, 0.1) is 0 Å². The fourth-order valence-corrected chi connectivity index (χ4v) is 5.05. The van der Waals surface area contributed by atoms with Crippen molar-refractivity contribution in [3.63, 3.8) is 0 Å². The quantitative estimate of drug-likeness (QED) is 0.822. The Balaban J connectivity index is 1.32. The first-order valence-electron chi connectivity index (χ1n) is 10.3. The van der Waals surface area contributed by atoms with E-state index in [0.29, 0.717) is 18.8 Å². The lowest BCUT2D eigenvalue weighted by atomic mass is 9.93. The van der Waals surface area contributed by atoms with Crippen LogP contribution in [0.25, 0.3) is 0 Å². The molecule has 0 radical (unpaired) electrons. The van der Waals surface area contributed by atoms with Crippen molar-refractivity contribution in [2.24, 2.45) is 0 Å². The number of carbonyl (C=O) groups excluding carboxylic acids is 2. The number of carbonyl (C=O) groups is 2. The van der Waals surface area contributed by atoms with E-state index in [1.54, 1.807) is 17.4 Å². The zero-order chi connectivity index (χ0) is 19.5. The minimum absolute atomic E-state index is 0.125. The second-order valence-electron chi connectivity index (χ2n) is 7.76. The molecule has 150 valence electrons. The summed E-state index contributed by atoms with van der Waals surface area (Å²) in [5.74, 6) is 0.490. The summed E-state index contributed by atoms with van der Waals surface area (Å²) in [7, 11) is 0. The molecule has 1 saturated carbocycles. The first-order chi connectivity index (χ1) is 13.6. The van der Waals surface area contributed by atoms with E-state index >= 15 is 0 Å². The van der Waals surface area contributed by atoms with Crippen molar-refractivity contribution in [2.75, 3.05) is 13.1 Å². The fourth-order valence-electron chi connectivity index (χ4n) is 4.13. The highest BCUT2D eigenvalue weighted by Gasteiger charge is 2.28. The van der Waals surface area contributed by atoms with Crippen LogP contribution in [0.2, 0.25) is 0 Å². The van der Waals surface area contributed by atoms with Gasteiger partial charge in [-0.15, -0.1) is 11.3 Å². The topological polar surface area (TPSA) is 75.4 Å². The third-order valence-corrected chi connectivity index (χ3v) is 7.08. The maximum Gasteiger partial charge on any atom is 0.290 e. The summed E-state index contributed by atoms with van der Waals surface area (Å²) in [4.78, 5) is 29.0. The van der Waals surface area contributed by atoms with E-state index in [1.807, 2.05) is 17.0 Å². The lowest BCUT2D eigenvalue weighted by Gasteiger charge is -2.30. The van der Waals surface area contributed by atoms with E-state index in [0.717, 1.165) is 42.7 Å². The summed E-state index contributed by atoms with van der Waals surface area (Å²) >= 11 is 1.59. The average Bonchev–Trinajstić information content (AvgIpc) is 3.48. The first-order valence-corrected chi connectivity index (χ1v) is 11.1. The summed E-state index contributed by atoms with van der Waals surface area (Å²) in [5, 5.41) is 7.17. The molecule has 7 heteroatoms. The third-order valence-electron chi connectivity index (χ3n) is 5.86. The van der Waals surface area contributed by atoms with Crippen LogP contribution in [0.3, 0.4) is 0 Å². The molecule has 1 aliphatic carbocycles. The van der Waals surface area contributed by atoms with Crippen molar-refractivity contribution in [1.82, 2.24) is 15.4 Å². The van der Waals surface area contributed by atoms with E-state index in [9.17, 15) is 9.59 Å². The molecule has 1 saturated heterocycles. The Morgan fingerprint density at radius 1 is 1.21 bits per heavy atom. The Morgan fingerprint density at radius 2 is 1.96 bits per heavy atom. The van der Waals surface area contributed by atoms with Gasteiger partial charge in [-0.1, -0.05) is 24.9 Å². The summed E-state index contributed by atoms with van der Waals surface area (Å²) in [6.07, 6.45) is 7.08. The summed E-state index contributed by atoms with van der Waals surface area (Å²) in [6.45, 7) is 3.52. The van der Waals surface area contributed by atoms with Gasteiger partial charge in [-0.05, 0) is 44.2 Å². The summed E-state index contributed by atoms with van der Waals surface area (Å²) in [6, 6.07) is 6.02. The zero-order valence-electron chi connectivity index (χ0n) is 16.3. The molecule has 1 N–H and O–H groups in total. The maximum atomic E-state index is 12.7. The van der Waals surface area contributed by atoms with Crippen molar-refractivity contribution in [1.29, 1.82) is 0 Å². The van der Waals surface area contributed by atoms with Gasteiger partial charge in [-0.3, -0.25) is 9.59 Å². The molecule has 2 amide bonds. The van der Waals surface area contributed by atoms with Crippen molar-refractivity contribution < 1.29 is 14.1 Å². The van der Waals surface area contributed by atoms with Crippen LogP contribution in [-0.4, -0.2) is 41.0 Å². The number of hydrogen-bond acceptors (Lipinski definition) is 5. The summed E-state index contributed by atoms with van der Waals surface area (Å²) < 4.78 is 5.31. The molecule has 2 fully saturated rings.